The van der Waals surface area contributed by atoms with E-state index in [2.05, 4.69) is 9.97 Å². The molecule has 2 aromatic rings. The van der Waals surface area contributed by atoms with Crippen LogP contribution in [0.3, 0.4) is 0 Å². The lowest BCUT2D eigenvalue weighted by atomic mass is 10.0. The third-order valence-electron chi connectivity index (χ3n) is 3.12. The van der Waals surface area contributed by atoms with Gasteiger partial charge < -0.3 is 0 Å². The number of benzene rings is 1. The van der Waals surface area contributed by atoms with E-state index < -0.39 is 11.7 Å². The van der Waals surface area contributed by atoms with E-state index >= 15 is 0 Å². The summed E-state index contributed by atoms with van der Waals surface area (Å²) in [6.07, 6.45) is -4.40. The van der Waals surface area contributed by atoms with Crippen LogP contribution in [-0.2, 0) is 6.18 Å². The molecule has 1 heterocycles. The van der Waals surface area contributed by atoms with Crippen molar-refractivity contribution in [3.8, 4) is 11.4 Å². The first-order chi connectivity index (χ1) is 9.70. The Kier molecular flexibility index (Phi) is 4.23. The second-order valence-electron chi connectivity index (χ2n) is 5.07. The predicted octanol–water partition coefficient (Wildman–Crippen LogP) is 5.25. The summed E-state index contributed by atoms with van der Waals surface area (Å²) in [5.74, 6) is 0.348. The van der Waals surface area contributed by atoms with Crippen LogP contribution in [0.4, 0.5) is 13.2 Å². The van der Waals surface area contributed by atoms with Gasteiger partial charge in [-0.15, -0.1) is 0 Å². The van der Waals surface area contributed by atoms with Crippen LogP contribution in [0.1, 0.15) is 36.6 Å². The SMILES string of the molecule is Cc1nc(-c2cccc(C(F)(F)F)c2)nc(Cl)c1C(C)C. The molecule has 6 heteroatoms. The average molecular weight is 315 g/mol. The Morgan fingerprint density at radius 3 is 2.33 bits per heavy atom. The van der Waals surface area contributed by atoms with E-state index in [1.165, 1.54) is 12.1 Å². The lowest BCUT2D eigenvalue weighted by Gasteiger charge is -2.13. The smallest absolute Gasteiger partial charge is 0.233 e. The molecule has 0 aliphatic carbocycles. The Bertz CT molecular complexity index is 643. The van der Waals surface area contributed by atoms with Gasteiger partial charge in [0.15, 0.2) is 5.82 Å². The van der Waals surface area contributed by atoms with E-state index in [1.807, 2.05) is 13.8 Å². The molecule has 0 aliphatic heterocycles. The van der Waals surface area contributed by atoms with Crippen LogP contribution in [0.2, 0.25) is 5.15 Å². The fourth-order valence-electron chi connectivity index (χ4n) is 2.17. The molecule has 112 valence electrons. The summed E-state index contributed by atoms with van der Waals surface area (Å²) in [5, 5.41) is 0.282. The minimum absolute atomic E-state index is 0.146. The van der Waals surface area contributed by atoms with Crippen molar-refractivity contribution >= 4 is 11.6 Å². The Balaban J connectivity index is 2.53. The lowest BCUT2D eigenvalue weighted by Crippen LogP contribution is -2.06. The molecule has 0 unspecified atom stereocenters. The topological polar surface area (TPSA) is 25.8 Å². The second-order valence-corrected chi connectivity index (χ2v) is 5.43. The zero-order valence-corrected chi connectivity index (χ0v) is 12.5. The van der Waals surface area contributed by atoms with Crippen molar-refractivity contribution in [2.75, 3.05) is 0 Å². The normalized spacial score (nSPS) is 12.0. The first kappa shape index (κ1) is 15.8. The molecule has 0 aliphatic rings. The number of alkyl halides is 3. The van der Waals surface area contributed by atoms with Crippen LogP contribution in [0.5, 0.6) is 0 Å². The summed E-state index contributed by atoms with van der Waals surface area (Å²) in [6, 6.07) is 4.91. The molecule has 2 nitrogen and oxygen atoms in total. The standard InChI is InChI=1S/C15H14ClF3N2/c1-8(2)12-9(3)20-14(21-13(12)16)10-5-4-6-11(7-10)15(17,18)19/h4-8H,1-3H3. The Morgan fingerprint density at radius 2 is 1.81 bits per heavy atom. The van der Waals surface area contributed by atoms with Crippen molar-refractivity contribution in [2.45, 2.75) is 32.9 Å². The van der Waals surface area contributed by atoms with Gasteiger partial charge in [0.2, 0.25) is 0 Å². The number of halogens is 4. The van der Waals surface area contributed by atoms with E-state index in [0.29, 0.717) is 11.3 Å². The van der Waals surface area contributed by atoms with E-state index in [0.717, 1.165) is 17.7 Å². The van der Waals surface area contributed by atoms with Crippen LogP contribution < -0.4 is 0 Å². The maximum atomic E-state index is 12.7. The van der Waals surface area contributed by atoms with Gasteiger partial charge in [-0.25, -0.2) is 9.97 Å². The van der Waals surface area contributed by atoms with Crippen molar-refractivity contribution in [1.82, 2.24) is 9.97 Å². The Hall–Kier alpha value is -1.62. The highest BCUT2D eigenvalue weighted by Crippen LogP contribution is 2.32. The minimum atomic E-state index is -4.40. The number of hydrogen-bond acceptors (Lipinski definition) is 2. The highest BCUT2D eigenvalue weighted by molar-refractivity contribution is 6.30. The fourth-order valence-corrected chi connectivity index (χ4v) is 2.60. The van der Waals surface area contributed by atoms with Crippen LogP contribution in [0, 0.1) is 6.92 Å². The summed E-state index contributed by atoms with van der Waals surface area (Å²) in [5.41, 5.74) is 1.06. The molecule has 0 radical (unpaired) electrons. The van der Waals surface area contributed by atoms with Crippen molar-refractivity contribution in [3.05, 3.63) is 46.2 Å². The van der Waals surface area contributed by atoms with Gasteiger partial charge >= 0.3 is 6.18 Å². The molecule has 0 spiro atoms. The van der Waals surface area contributed by atoms with E-state index in [-0.39, 0.29) is 16.9 Å². The van der Waals surface area contributed by atoms with E-state index in [1.54, 1.807) is 6.92 Å². The lowest BCUT2D eigenvalue weighted by molar-refractivity contribution is -0.137. The summed E-state index contributed by atoms with van der Waals surface area (Å²) < 4.78 is 38.2. The zero-order chi connectivity index (χ0) is 15.8. The molecular weight excluding hydrogens is 301 g/mol. The van der Waals surface area contributed by atoms with Crippen LogP contribution in [0.15, 0.2) is 24.3 Å². The third kappa shape index (κ3) is 3.35. The summed E-state index contributed by atoms with van der Waals surface area (Å²) in [4.78, 5) is 8.42. The maximum absolute atomic E-state index is 12.7. The van der Waals surface area contributed by atoms with Gasteiger partial charge in [0.25, 0.3) is 0 Å². The number of nitrogens with zero attached hydrogens (tertiary/aromatic N) is 2. The maximum Gasteiger partial charge on any atom is 0.416 e. The largest absolute Gasteiger partial charge is 0.416 e. The Labute approximate surface area is 126 Å². The van der Waals surface area contributed by atoms with E-state index in [4.69, 9.17) is 11.6 Å². The molecule has 0 fully saturated rings. The van der Waals surface area contributed by atoms with E-state index in [9.17, 15) is 13.2 Å². The number of rotatable bonds is 2. The number of hydrogen-bond donors (Lipinski definition) is 0. The van der Waals surface area contributed by atoms with Gasteiger partial charge in [-0.1, -0.05) is 37.6 Å². The molecular formula is C15H14ClF3N2. The van der Waals surface area contributed by atoms with Crippen molar-refractivity contribution in [1.29, 1.82) is 0 Å². The van der Waals surface area contributed by atoms with Crippen LogP contribution >= 0.6 is 11.6 Å². The molecule has 0 N–H and O–H groups in total. The van der Waals surface area contributed by atoms with Crippen LogP contribution in [-0.4, -0.2) is 9.97 Å². The van der Waals surface area contributed by atoms with Gasteiger partial charge in [-0.2, -0.15) is 13.2 Å². The fraction of sp³-hybridized carbons (Fsp3) is 0.333. The third-order valence-corrected chi connectivity index (χ3v) is 3.40. The molecule has 0 saturated heterocycles. The minimum Gasteiger partial charge on any atom is -0.233 e. The molecule has 1 aromatic heterocycles. The summed E-state index contributed by atoms with van der Waals surface area (Å²) in [6.45, 7) is 5.70. The molecule has 0 bridgehead atoms. The zero-order valence-electron chi connectivity index (χ0n) is 11.8. The average Bonchev–Trinajstić information content (AvgIpc) is 2.36. The summed E-state index contributed by atoms with van der Waals surface area (Å²) >= 11 is 6.14. The summed E-state index contributed by atoms with van der Waals surface area (Å²) in [7, 11) is 0. The van der Waals surface area contributed by atoms with Crippen LogP contribution in [0.25, 0.3) is 11.4 Å². The molecule has 0 amide bonds. The number of aryl methyl sites for hydroxylation is 1. The molecule has 21 heavy (non-hydrogen) atoms. The highest BCUT2D eigenvalue weighted by atomic mass is 35.5. The monoisotopic (exact) mass is 314 g/mol. The predicted molar refractivity (Wildman–Crippen MR) is 76.3 cm³/mol. The highest BCUT2D eigenvalue weighted by Gasteiger charge is 2.30. The quantitative estimate of drug-likeness (QED) is 0.708. The van der Waals surface area contributed by atoms with Gasteiger partial charge in [0.1, 0.15) is 5.15 Å². The molecule has 1 aromatic carbocycles. The second kappa shape index (κ2) is 5.64. The van der Waals surface area contributed by atoms with Gasteiger partial charge in [-0.05, 0) is 25.0 Å². The van der Waals surface area contributed by atoms with Crippen molar-refractivity contribution < 1.29 is 13.2 Å². The molecule has 0 saturated carbocycles. The first-order valence-electron chi connectivity index (χ1n) is 6.42. The molecule has 0 atom stereocenters. The Morgan fingerprint density at radius 1 is 1.14 bits per heavy atom. The van der Waals surface area contributed by atoms with Gasteiger partial charge in [0, 0.05) is 16.8 Å². The van der Waals surface area contributed by atoms with Gasteiger partial charge in [-0.3, -0.25) is 0 Å². The first-order valence-corrected chi connectivity index (χ1v) is 6.79. The van der Waals surface area contributed by atoms with Crippen molar-refractivity contribution in [2.24, 2.45) is 0 Å². The van der Waals surface area contributed by atoms with Gasteiger partial charge in [0.05, 0.1) is 5.56 Å². The van der Waals surface area contributed by atoms with Crippen molar-refractivity contribution in [3.63, 3.8) is 0 Å². The molecule has 2 rings (SSSR count). The number of aromatic nitrogens is 2.